The number of benzene rings is 6. The lowest BCUT2D eigenvalue weighted by molar-refractivity contribution is 0.00578. The first kappa shape index (κ1) is 51.1. The summed E-state index contributed by atoms with van der Waals surface area (Å²) in [6, 6.07) is 49.8. The number of hydrogen-bond acceptors (Lipinski definition) is 10. The molecule has 1 saturated heterocycles. The molecule has 0 bridgehead atoms. The number of aromatic nitrogens is 2. The molecule has 0 aliphatic carbocycles. The maximum absolute atomic E-state index is 6.36. The van der Waals surface area contributed by atoms with Crippen LogP contribution in [0.25, 0.3) is 65.4 Å². The molecule has 0 saturated carbocycles. The number of ether oxygens (including phenoxy) is 6. The summed E-state index contributed by atoms with van der Waals surface area (Å²) in [7, 11) is 2.88. The van der Waals surface area contributed by atoms with Gasteiger partial charge < -0.3 is 46.9 Å². The van der Waals surface area contributed by atoms with Crippen molar-refractivity contribution in [2.75, 3.05) is 41.0 Å². The van der Waals surface area contributed by atoms with Crippen molar-refractivity contribution in [3.8, 4) is 44.8 Å². The van der Waals surface area contributed by atoms with Gasteiger partial charge in [0.1, 0.15) is 17.2 Å². The maximum atomic E-state index is 6.36. The summed E-state index contributed by atoms with van der Waals surface area (Å²) in [6.45, 7) is 13.7. The van der Waals surface area contributed by atoms with Gasteiger partial charge in [-0.05, 0) is 113 Å². The molecule has 10 aromatic rings. The maximum Gasteiger partial charge on any atom is 0.509 e. The van der Waals surface area contributed by atoms with Crippen LogP contribution in [0, 0.1) is 3.57 Å². The summed E-state index contributed by atoms with van der Waals surface area (Å²) in [5.41, 5.74) is 6.69. The van der Waals surface area contributed by atoms with Crippen molar-refractivity contribution in [1.82, 2.24) is 9.13 Å². The largest absolute Gasteiger partial charge is 0.509 e. The first-order valence-electron chi connectivity index (χ1n) is 23.9. The zero-order valence-electron chi connectivity index (χ0n) is 41.8. The number of hydrogen-bond donors (Lipinski definition) is 0. The topological polar surface area (TPSA) is 83.7 Å². The second kappa shape index (κ2) is 22.5. The normalized spacial score (nSPS) is 13.8. The predicted molar refractivity (Wildman–Crippen MR) is 305 cm³/mol. The van der Waals surface area contributed by atoms with E-state index in [9.17, 15) is 0 Å². The molecule has 6 aromatic carbocycles. The Bertz CT molecular complexity index is 3330. The minimum Gasteiger partial charge on any atom is -0.496 e. The number of nitrogens with zero attached hydrogens (tertiary/aromatic N) is 2. The lowest BCUT2D eigenvalue weighted by atomic mass is 9.87. The van der Waals surface area contributed by atoms with Gasteiger partial charge in [0.25, 0.3) is 0 Å². The van der Waals surface area contributed by atoms with Crippen LogP contribution < -0.4 is 23.7 Å². The summed E-state index contributed by atoms with van der Waals surface area (Å²) < 4.78 is 53.6. The van der Waals surface area contributed by atoms with Crippen molar-refractivity contribution >= 4 is 101 Å². The molecule has 0 amide bonds. The summed E-state index contributed by atoms with van der Waals surface area (Å²) in [4.78, 5) is 1.02. The Hall–Kier alpha value is -5.85. The first-order chi connectivity index (χ1) is 35.0. The third kappa shape index (κ3) is 10.1. The fourth-order valence-corrected chi connectivity index (χ4v) is 11.3. The minimum atomic E-state index is -0.497. The molecule has 14 heteroatoms. The van der Waals surface area contributed by atoms with Crippen LogP contribution in [0.5, 0.6) is 23.0 Å². The Kier molecular flexibility index (Phi) is 16.0. The van der Waals surface area contributed by atoms with Gasteiger partial charge >= 0.3 is 7.12 Å². The van der Waals surface area contributed by atoms with Gasteiger partial charge in [-0.3, -0.25) is 0 Å². The molecule has 11 rings (SSSR count). The summed E-state index contributed by atoms with van der Waals surface area (Å²) in [5.74, 6) is 3.31. The number of fused-ring (bicyclic) bond motifs is 6. The monoisotopic (exact) mass is 1110 g/mol. The van der Waals surface area contributed by atoms with Crippen LogP contribution in [0.15, 0.2) is 156 Å². The quantitative estimate of drug-likeness (QED) is 0.0461. The first-order valence-corrected chi connectivity index (χ1v) is 26.7. The van der Waals surface area contributed by atoms with E-state index in [1.165, 1.54) is 21.5 Å². The lowest BCUT2D eigenvalue weighted by Gasteiger charge is -2.32. The molecule has 0 atom stereocenters. The highest BCUT2D eigenvalue weighted by Crippen LogP contribution is 2.47. The fraction of sp³-hybridized carbons (Fsp3) is 0.241. The third-order valence-electron chi connectivity index (χ3n) is 13.0. The van der Waals surface area contributed by atoms with Gasteiger partial charge in [0.2, 0.25) is 0 Å². The van der Waals surface area contributed by atoms with Gasteiger partial charge in [0, 0.05) is 51.1 Å². The molecule has 5 heterocycles. The van der Waals surface area contributed by atoms with Gasteiger partial charge in [-0.1, -0.05) is 97.1 Å². The SMILES string of the molecule is CCOCOc1c(-n2c3ccccc3c3ccccc32)csc1-c1ccccc1OC.CCOCOc1c(-n2c3ccccc3c3ccccc32)csc1B1OC(C)(C)C(C)(C)O1.COc1ccccc1I. The number of rotatable bonds is 14. The molecule has 10 nitrogen and oxygen atoms in total. The standard InChI is InChI=1S/C26H23NO3S.C25H28BNO4S.C7H7IO/c1-3-29-17-30-25-23(16-31-26(25)20-12-6-9-15-24(20)28-2)27-21-13-7-4-10-18(21)19-11-5-8-14-22(19)27;1-6-28-16-29-22-21(15-32-23(22)26-30-24(2,3)25(4,5)31-26)27-19-13-9-7-11-17(19)18-12-8-10-14-20(18)27;1-9-7-5-3-2-4-6(7)8/h4-16H,3,17H2,1-2H3;7-15H,6,16H2,1-5H3;2-5H,1H3. The van der Waals surface area contributed by atoms with Gasteiger partial charge in [0.15, 0.2) is 25.1 Å². The molecule has 1 aliphatic heterocycles. The van der Waals surface area contributed by atoms with Gasteiger partial charge in [-0.25, -0.2) is 0 Å². The van der Waals surface area contributed by atoms with E-state index in [-0.39, 0.29) is 13.6 Å². The van der Waals surface area contributed by atoms with E-state index in [1.807, 2.05) is 56.3 Å². The second-order valence-corrected chi connectivity index (χ2v) is 20.7. The van der Waals surface area contributed by atoms with E-state index < -0.39 is 18.3 Å². The van der Waals surface area contributed by atoms with Gasteiger partial charge in [0.05, 0.1) is 66.4 Å². The Morgan fingerprint density at radius 1 is 0.514 bits per heavy atom. The van der Waals surface area contributed by atoms with Crippen molar-refractivity contribution in [2.45, 2.75) is 52.7 Å². The number of methoxy groups -OCH3 is 2. The number of thiophene rings is 2. The zero-order valence-corrected chi connectivity index (χ0v) is 45.6. The Morgan fingerprint density at radius 3 is 1.38 bits per heavy atom. The Balaban J connectivity index is 0.000000152. The van der Waals surface area contributed by atoms with E-state index >= 15 is 0 Å². The molecule has 0 unspecified atom stereocenters. The minimum absolute atomic E-state index is 0.171. The average Bonchev–Trinajstić information content (AvgIpc) is 4.20. The van der Waals surface area contributed by atoms with Crippen molar-refractivity contribution in [3.05, 3.63) is 160 Å². The lowest BCUT2D eigenvalue weighted by Crippen LogP contribution is -2.41. The predicted octanol–water partition coefficient (Wildman–Crippen LogP) is 14.7. The highest BCUT2D eigenvalue weighted by Gasteiger charge is 2.53. The molecule has 370 valence electrons. The van der Waals surface area contributed by atoms with E-state index in [1.54, 1.807) is 36.9 Å². The third-order valence-corrected chi connectivity index (χ3v) is 15.8. The van der Waals surface area contributed by atoms with Crippen LogP contribution in [-0.4, -0.2) is 68.5 Å². The molecule has 1 aliphatic rings. The second-order valence-electron chi connectivity index (χ2n) is 17.8. The Morgan fingerprint density at radius 2 is 0.917 bits per heavy atom. The van der Waals surface area contributed by atoms with E-state index in [0.29, 0.717) is 13.2 Å². The van der Waals surface area contributed by atoms with E-state index in [2.05, 4.69) is 173 Å². The van der Waals surface area contributed by atoms with Gasteiger partial charge in [-0.2, -0.15) is 0 Å². The van der Waals surface area contributed by atoms with Crippen molar-refractivity contribution in [2.24, 2.45) is 0 Å². The molecule has 0 N–H and O–H groups in total. The van der Waals surface area contributed by atoms with Crippen molar-refractivity contribution in [1.29, 1.82) is 0 Å². The van der Waals surface area contributed by atoms with Crippen LogP contribution in [0.3, 0.4) is 0 Å². The van der Waals surface area contributed by atoms with Crippen molar-refractivity contribution < 1.29 is 37.7 Å². The number of halogens is 1. The molecule has 72 heavy (non-hydrogen) atoms. The highest BCUT2D eigenvalue weighted by molar-refractivity contribution is 14.1. The molecular formula is C58H58BIN2O8S2. The molecule has 0 radical (unpaired) electrons. The molecule has 0 spiro atoms. The molecule has 1 fully saturated rings. The van der Waals surface area contributed by atoms with Crippen LogP contribution in [0.4, 0.5) is 0 Å². The summed E-state index contributed by atoms with van der Waals surface area (Å²) in [5, 5.41) is 9.14. The van der Waals surface area contributed by atoms with Crippen LogP contribution >= 0.6 is 45.3 Å². The van der Waals surface area contributed by atoms with Crippen LogP contribution in [0.2, 0.25) is 0 Å². The van der Waals surface area contributed by atoms with Crippen molar-refractivity contribution in [3.63, 3.8) is 0 Å². The molecular weight excluding hydrogens is 1050 g/mol. The van der Waals surface area contributed by atoms with Gasteiger partial charge in [-0.15, -0.1) is 22.7 Å². The number of para-hydroxylation sites is 6. The van der Waals surface area contributed by atoms with Crippen LogP contribution in [-0.2, 0) is 18.8 Å². The summed E-state index contributed by atoms with van der Waals surface area (Å²) >= 11 is 5.48. The zero-order chi connectivity index (χ0) is 50.4. The highest BCUT2D eigenvalue weighted by atomic mass is 127. The Labute approximate surface area is 443 Å². The smallest absolute Gasteiger partial charge is 0.496 e. The fourth-order valence-electron chi connectivity index (χ4n) is 8.76. The van der Waals surface area contributed by atoms with E-state index in [4.69, 9.17) is 37.7 Å². The molecule has 4 aromatic heterocycles. The van der Waals surface area contributed by atoms with E-state index in [0.717, 1.165) is 75.2 Å². The summed E-state index contributed by atoms with van der Waals surface area (Å²) in [6.07, 6.45) is 0. The van der Waals surface area contributed by atoms with Crippen LogP contribution in [0.1, 0.15) is 41.5 Å². The average molecular weight is 1110 g/mol.